The van der Waals surface area contributed by atoms with Crippen molar-refractivity contribution >= 4 is 34.7 Å². The Bertz CT molecular complexity index is 1150. The highest BCUT2D eigenvalue weighted by Crippen LogP contribution is 2.17. The van der Waals surface area contributed by atoms with E-state index in [1.54, 1.807) is 47.2 Å². The first-order valence-corrected chi connectivity index (χ1v) is 8.47. The lowest BCUT2D eigenvalue weighted by Gasteiger charge is -2.11. The molecule has 2 aromatic carbocycles. The van der Waals surface area contributed by atoms with E-state index in [9.17, 15) is 4.79 Å². The Balaban J connectivity index is 1.95. The highest BCUT2D eigenvalue weighted by Gasteiger charge is 2.10. The fourth-order valence-corrected chi connectivity index (χ4v) is 2.86. The normalized spacial score (nSPS) is 11.3. The van der Waals surface area contributed by atoms with Crippen LogP contribution >= 0.6 is 11.6 Å². The van der Waals surface area contributed by atoms with Gasteiger partial charge in [-0.2, -0.15) is 0 Å². The van der Waals surface area contributed by atoms with Crippen LogP contribution in [0.1, 0.15) is 11.5 Å². The number of hydrogen-bond donors (Lipinski definition) is 0. The van der Waals surface area contributed by atoms with Crippen LogP contribution in [0.25, 0.3) is 28.7 Å². The number of nitrogens with zero attached hydrogens (tertiary/aromatic N) is 3. The molecule has 0 N–H and O–H groups in total. The first-order chi connectivity index (χ1) is 12.7. The monoisotopic (exact) mass is 359 g/mol. The SMILES string of the molecule is O=c1c2ccccc2nc(C=Cc2ccccn2)n1-c1ccc(Cl)cc1. The topological polar surface area (TPSA) is 47.8 Å². The number of benzene rings is 2. The molecule has 0 radical (unpaired) electrons. The highest BCUT2D eigenvalue weighted by molar-refractivity contribution is 6.30. The average Bonchev–Trinajstić information content (AvgIpc) is 2.68. The molecule has 0 aliphatic heterocycles. The van der Waals surface area contributed by atoms with Crippen molar-refractivity contribution in [1.82, 2.24) is 14.5 Å². The number of para-hydroxylation sites is 1. The van der Waals surface area contributed by atoms with Crippen LogP contribution in [0, 0.1) is 0 Å². The second-order valence-electron chi connectivity index (χ2n) is 5.69. The number of pyridine rings is 1. The van der Waals surface area contributed by atoms with Crippen LogP contribution in [0.4, 0.5) is 0 Å². The molecule has 0 unspecified atom stereocenters. The second-order valence-corrected chi connectivity index (χ2v) is 6.13. The van der Waals surface area contributed by atoms with Gasteiger partial charge in [-0.15, -0.1) is 0 Å². The van der Waals surface area contributed by atoms with Gasteiger partial charge in [0.25, 0.3) is 5.56 Å². The zero-order valence-electron chi connectivity index (χ0n) is 13.7. The molecule has 2 heterocycles. The number of fused-ring (bicyclic) bond motifs is 1. The molecule has 4 aromatic rings. The first-order valence-electron chi connectivity index (χ1n) is 8.09. The fraction of sp³-hybridized carbons (Fsp3) is 0. The Morgan fingerprint density at radius 1 is 0.885 bits per heavy atom. The van der Waals surface area contributed by atoms with Crippen molar-refractivity contribution in [2.45, 2.75) is 0 Å². The van der Waals surface area contributed by atoms with E-state index in [0.29, 0.717) is 27.4 Å². The lowest BCUT2D eigenvalue weighted by Crippen LogP contribution is -2.22. The largest absolute Gasteiger partial charge is 0.268 e. The van der Waals surface area contributed by atoms with E-state index < -0.39 is 0 Å². The molecule has 126 valence electrons. The highest BCUT2D eigenvalue weighted by atomic mass is 35.5. The maximum Gasteiger partial charge on any atom is 0.266 e. The predicted octanol–water partition coefficient (Wildman–Crippen LogP) is 4.60. The van der Waals surface area contributed by atoms with Crippen LogP contribution in [0.3, 0.4) is 0 Å². The Morgan fingerprint density at radius 2 is 1.65 bits per heavy atom. The lowest BCUT2D eigenvalue weighted by molar-refractivity contribution is 0.944. The maximum absolute atomic E-state index is 13.1. The number of hydrogen-bond acceptors (Lipinski definition) is 3. The zero-order chi connectivity index (χ0) is 17.9. The number of aromatic nitrogens is 3. The molecule has 5 heteroatoms. The summed E-state index contributed by atoms with van der Waals surface area (Å²) in [5.74, 6) is 0.529. The summed E-state index contributed by atoms with van der Waals surface area (Å²) in [5, 5.41) is 1.18. The first kappa shape index (κ1) is 16.2. The van der Waals surface area contributed by atoms with Crippen molar-refractivity contribution in [1.29, 1.82) is 0 Å². The Labute approximate surface area is 155 Å². The van der Waals surface area contributed by atoms with Gasteiger partial charge in [-0.1, -0.05) is 29.8 Å². The summed E-state index contributed by atoms with van der Waals surface area (Å²) in [6.07, 6.45) is 5.35. The fourth-order valence-electron chi connectivity index (χ4n) is 2.74. The molecule has 0 amide bonds. The molecular weight excluding hydrogens is 346 g/mol. The van der Waals surface area contributed by atoms with E-state index in [-0.39, 0.29) is 5.56 Å². The lowest BCUT2D eigenvalue weighted by atomic mass is 10.2. The summed E-state index contributed by atoms with van der Waals surface area (Å²) in [6.45, 7) is 0. The van der Waals surface area contributed by atoms with Gasteiger partial charge in [0.1, 0.15) is 5.82 Å². The molecule has 0 fully saturated rings. The van der Waals surface area contributed by atoms with E-state index in [2.05, 4.69) is 9.97 Å². The van der Waals surface area contributed by atoms with Gasteiger partial charge < -0.3 is 0 Å². The summed E-state index contributed by atoms with van der Waals surface area (Å²) in [4.78, 5) is 22.0. The standard InChI is InChI=1S/C21H14ClN3O/c22-15-8-11-17(12-9-15)25-20(13-10-16-5-3-4-14-23-16)24-19-7-2-1-6-18(19)21(25)26/h1-14H. The quantitative estimate of drug-likeness (QED) is 0.537. The summed E-state index contributed by atoms with van der Waals surface area (Å²) in [5.41, 5.74) is 2.03. The second kappa shape index (κ2) is 6.94. The van der Waals surface area contributed by atoms with E-state index >= 15 is 0 Å². The minimum absolute atomic E-state index is 0.126. The average molecular weight is 360 g/mol. The minimum Gasteiger partial charge on any atom is -0.268 e. The molecule has 0 saturated heterocycles. The molecule has 0 spiro atoms. The van der Waals surface area contributed by atoms with Gasteiger partial charge >= 0.3 is 0 Å². The zero-order valence-corrected chi connectivity index (χ0v) is 14.5. The summed E-state index contributed by atoms with van der Waals surface area (Å²) >= 11 is 5.99. The van der Waals surface area contributed by atoms with Gasteiger partial charge in [0.2, 0.25) is 0 Å². The van der Waals surface area contributed by atoms with Gasteiger partial charge in [-0.3, -0.25) is 14.3 Å². The van der Waals surface area contributed by atoms with Crippen LogP contribution in [0.15, 0.2) is 77.7 Å². The molecule has 2 aromatic heterocycles. The van der Waals surface area contributed by atoms with Gasteiger partial charge in [-0.05, 0) is 60.7 Å². The van der Waals surface area contributed by atoms with Crippen LogP contribution in [0.2, 0.25) is 5.02 Å². The molecule has 4 nitrogen and oxygen atoms in total. The predicted molar refractivity (Wildman–Crippen MR) is 106 cm³/mol. The van der Waals surface area contributed by atoms with Gasteiger partial charge in [0, 0.05) is 11.2 Å². The maximum atomic E-state index is 13.1. The molecule has 0 saturated carbocycles. The van der Waals surface area contributed by atoms with Crippen LogP contribution in [-0.2, 0) is 0 Å². The van der Waals surface area contributed by atoms with E-state index in [1.807, 2.05) is 42.5 Å². The number of halogens is 1. The van der Waals surface area contributed by atoms with Gasteiger partial charge in [0.05, 0.1) is 22.3 Å². The minimum atomic E-state index is -0.126. The summed E-state index contributed by atoms with van der Waals surface area (Å²) in [7, 11) is 0. The molecule has 4 rings (SSSR count). The van der Waals surface area contributed by atoms with Crippen molar-refractivity contribution in [3.05, 3.63) is 99.8 Å². The molecule has 0 atom stereocenters. The van der Waals surface area contributed by atoms with Crippen molar-refractivity contribution < 1.29 is 0 Å². The molecule has 26 heavy (non-hydrogen) atoms. The van der Waals surface area contributed by atoms with Crippen molar-refractivity contribution in [3.63, 3.8) is 0 Å². The van der Waals surface area contributed by atoms with Gasteiger partial charge in [-0.25, -0.2) is 4.98 Å². The van der Waals surface area contributed by atoms with Crippen LogP contribution in [0.5, 0.6) is 0 Å². The third-order valence-electron chi connectivity index (χ3n) is 3.98. The summed E-state index contributed by atoms with van der Waals surface area (Å²) < 4.78 is 1.58. The van der Waals surface area contributed by atoms with Crippen molar-refractivity contribution in [2.75, 3.05) is 0 Å². The third kappa shape index (κ3) is 3.15. The molecule has 0 aliphatic carbocycles. The van der Waals surface area contributed by atoms with Crippen LogP contribution < -0.4 is 5.56 Å². The van der Waals surface area contributed by atoms with Gasteiger partial charge in [0.15, 0.2) is 0 Å². The third-order valence-corrected chi connectivity index (χ3v) is 4.23. The molecular formula is C21H14ClN3O. The van der Waals surface area contributed by atoms with E-state index in [1.165, 1.54) is 0 Å². The smallest absolute Gasteiger partial charge is 0.266 e. The number of rotatable bonds is 3. The molecule has 0 bridgehead atoms. The Morgan fingerprint density at radius 3 is 2.42 bits per heavy atom. The van der Waals surface area contributed by atoms with Crippen molar-refractivity contribution in [2.24, 2.45) is 0 Å². The Hall–Kier alpha value is -3.24. The van der Waals surface area contributed by atoms with Crippen LogP contribution in [-0.4, -0.2) is 14.5 Å². The summed E-state index contributed by atoms with van der Waals surface area (Å²) in [6, 6.07) is 20.1. The van der Waals surface area contributed by atoms with Crippen molar-refractivity contribution in [3.8, 4) is 5.69 Å². The molecule has 0 aliphatic rings. The Kier molecular flexibility index (Phi) is 4.33. The van der Waals surface area contributed by atoms with E-state index in [0.717, 1.165) is 5.69 Å². The van der Waals surface area contributed by atoms with E-state index in [4.69, 9.17) is 11.6 Å².